The van der Waals surface area contributed by atoms with Gasteiger partial charge in [-0.3, -0.25) is 9.59 Å². The lowest BCUT2D eigenvalue weighted by molar-refractivity contribution is -0.139. The molecular weight excluding hydrogens is 242 g/mol. The predicted molar refractivity (Wildman–Crippen MR) is 70.5 cm³/mol. The van der Waals surface area contributed by atoms with Crippen molar-refractivity contribution >= 4 is 11.9 Å². The van der Waals surface area contributed by atoms with Gasteiger partial charge in [-0.15, -0.1) is 0 Å². The second kappa shape index (κ2) is 4.80. The smallest absolute Gasteiger partial charge is 0.305 e. The van der Waals surface area contributed by atoms with Crippen LogP contribution in [-0.4, -0.2) is 22.5 Å². The Balaban J connectivity index is 1.62. The second-order valence-corrected chi connectivity index (χ2v) is 6.69. The third-order valence-corrected chi connectivity index (χ3v) is 5.40. The molecule has 0 aromatic carbocycles. The van der Waals surface area contributed by atoms with Gasteiger partial charge in [-0.25, -0.2) is 0 Å². The van der Waals surface area contributed by atoms with Crippen molar-refractivity contribution in [2.75, 3.05) is 0 Å². The van der Waals surface area contributed by atoms with Gasteiger partial charge in [-0.05, 0) is 37.5 Å². The van der Waals surface area contributed by atoms with Gasteiger partial charge in [0.15, 0.2) is 0 Å². The van der Waals surface area contributed by atoms with E-state index in [1.165, 1.54) is 25.7 Å². The Bertz CT molecular complexity index is 375. The van der Waals surface area contributed by atoms with Crippen molar-refractivity contribution in [3.63, 3.8) is 0 Å². The van der Waals surface area contributed by atoms with Crippen molar-refractivity contribution in [1.82, 2.24) is 5.32 Å². The Morgan fingerprint density at radius 1 is 1.05 bits per heavy atom. The zero-order valence-corrected chi connectivity index (χ0v) is 11.4. The number of carboxylic acid groups (broad SMARTS) is 1. The first-order valence-corrected chi connectivity index (χ1v) is 7.65. The van der Waals surface area contributed by atoms with Gasteiger partial charge in [0.1, 0.15) is 0 Å². The van der Waals surface area contributed by atoms with Gasteiger partial charge in [0.25, 0.3) is 0 Å². The molecule has 3 aliphatic carbocycles. The first kappa shape index (κ1) is 12.9. The van der Waals surface area contributed by atoms with Crippen LogP contribution < -0.4 is 5.32 Å². The van der Waals surface area contributed by atoms with E-state index in [9.17, 15) is 9.59 Å². The number of carbonyl (C=O) groups excluding carboxylic acids is 1. The summed E-state index contributed by atoms with van der Waals surface area (Å²) in [6.45, 7) is 0. The van der Waals surface area contributed by atoms with E-state index in [0.717, 1.165) is 25.7 Å². The van der Waals surface area contributed by atoms with E-state index < -0.39 is 11.5 Å². The van der Waals surface area contributed by atoms with E-state index in [2.05, 4.69) is 5.32 Å². The highest BCUT2D eigenvalue weighted by molar-refractivity contribution is 5.83. The fourth-order valence-electron chi connectivity index (χ4n) is 4.41. The minimum Gasteiger partial charge on any atom is -0.481 e. The molecule has 3 rings (SSSR count). The highest BCUT2D eigenvalue weighted by atomic mass is 16.4. The third kappa shape index (κ3) is 2.49. The lowest BCUT2D eigenvalue weighted by Gasteiger charge is -2.29. The standard InChI is InChI=1S/C15H23NO3/c17-12(18)9-15(7-3-4-8-15)16-14(19)13-10-5-1-2-6-11(10)13/h10-11,13H,1-9H2,(H,16,19)(H,17,18). The van der Waals surface area contributed by atoms with Crippen molar-refractivity contribution in [2.24, 2.45) is 17.8 Å². The maximum atomic E-state index is 12.4. The van der Waals surface area contributed by atoms with Gasteiger partial charge in [0, 0.05) is 5.92 Å². The molecule has 2 unspecified atom stereocenters. The molecule has 3 saturated carbocycles. The zero-order chi connectivity index (χ0) is 13.5. The average Bonchev–Trinajstić information content (AvgIpc) is 2.93. The minimum absolute atomic E-state index is 0.0841. The van der Waals surface area contributed by atoms with Gasteiger partial charge in [-0.2, -0.15) is 0 Å². The molecular formula is C15H23NO3. The Morgan fingerprint density at radius 3 is 2.16 bits per heavy atom. The van der Waals surface area contributed by atoms with Crippen LogP contribution in [0.1, 0.15) is 57.8 Å². The number of nitrogens with one attached hydrogen (secondary N) is 1. The lowest BCUT2D eigenvalue weighted by Crippen LogP contribution is -2.48. The summed E-state index contributed by atoms with van der Waals surface area (Å²) in [6, 6.07) is 0. The Kier molecular flexibility index (Phi) is 3.27. The minimum atomic E-state index is -0.796. The maximum Gasteiger partial charge on any atom is 0.305 e. The Labute approximate surface area is 113 Å². The van der Waals surface area contributed by atoms with Gasteiger partial charge >= 0.3 is 5.97 Å². The van der Waals surface area contributed by atoms with Crippen LogP contribution in [0, 0.1) is 17.8 Å². The molecule has 19 heavy (non-hydrogen) atoms. The largest absolute Gasteiger partial charge is 0.481 e. The summed E-state index contributed by atoms with van der Waals surface area (Å²) in [4.78, 5) is 23.4. The number of fused-ring (bicyclic) bond motifs is 1. The van der Waals surface area contributed by atoms with E-state index in [0.29, 0.717) is 11.8 Å². The molecule has 0 aromatic rings. The molecule has 1 amide bonds. The second-order valence-electron chi connectivity index (χ2n) is 6.69. The summed E-state index contributed by atoms with van der Waals surface area (Å²) >= 11 is 0. The van der Waals surface area contributed by atoms with Gasteiger partial charge in [0.2, 0.25) is 5.91 Å². The van der Waals surface area contributed by atoms with Gasteiger partial charge in [0.05, 0.1) is 12.0 Å². The highest BCUT2D eigenvalue weighted by Crippen LogP contribution is 2.55. The summed E-state index contributed by atoms with van der Waals surface area (Å²) in [6.07, 6.45) is 8.69. The molecule has 0 saturated heterocycles. The highest BCUT2D eigenvalue weighted by Gasteiger charge is 2.55. The van der Waals surface area contributed by atoms with E-state index in [-0.39, 0.29) is 18.2 Å². The number of carbonyl (C=O) groups is 2. The van der Waals surface area contributed by atoms with Crippen molar-refractivity contribution in [2.45, 2.75) is 63.3 Å². The van der Waals surface area contributed by atoms with Crippen LogP contribution in [0.3, 0.4) is 0 Å². The Morgan fingerprint density at radius 2 is 1.63 bits per heavy atom. The van der Waals surface area contributed by atoms with Crippen LogP contribution in [-0.2, 0) is 9.59 Å². The van der Waals surface area contributed by atoms with Crippen LogP contribution in [0.15, 0.2) is 0 Å². The van der Waals surface area contributed by atoms with E-state index in [4.69, 9.17) is 5.11 Å². The fraction of sp³-hybridized carbons (Fsp3) is 0.867. The van der Waals surface area contributed by atoms with Crippen LogP contribution >= 0.6 is 0 Å². The number of hydrogen-bond acceptors (Lipinski definition) is 2. The summed E-state index contributed by atoms with van der Waals surface area (Å²) in [5.41, 5.74) is -0.450. The number of carboxylic acids is 1. The summed E-state index contributed by atoms with van der Waals surface area (Å²) in [5.74, 6) is 0.721. The van der Waals surface area contributed by atoms with Crippen LogP contribution in [0.2, 0.25) is 0 Å². The molecule has 3 fully saturated rings. The maximum absolute atomic E-state index is 12.4. The summed E-state index contributed by atoms with van der Waals surface area (Å²) in [7, 11) is 0. The van der Waals surface area contributed by atoms with Crippen molar-refractivity contribution in [1.29, 1.82) is 0 Å². The molecule has 0 spiro atoms. The summed E-state index contributed by atoms with van der Waals surface area (Å²) in [5, 5.41) is 12.2. The molecule has 0 radical (unpaired) electrons. The predicted octanol–water partition coefficient (Wildman–Crippen LogP) is 2.33. The number of aliphatic carboxylic acids is 1. The fourth-order valence-corrected chi connectivity index (χ4v) is 4.41. The number of rotatable bonds is 4. The quantitative estimate of drug-likeness (QED) is 0.819. The van der Waals surface area contributed by atoms with Gasteiger partial charge in [-0.1, -0.05) is 25.7 Å². The van der Waals surface area contributed by atoms with Crippen LogP contribution in [0.25, 0.3) is 0 Å². The molecule has 0 bridgehead atoms. The third-order valence-electron chi connectivity index (χ3n) is 5.40. The molecule has 2 atom stereocenters. The molecule has 2 N–H and O–H groups in total. The van der Waals surface area contributed by atoms with Gasteiger partial charge < -0.3 is 10.4 Å². The molecule has 0 heterocycles. The van der Waals surface area contributed by atoms with E-state index in [1.54, 1.807) is 0 Å². The zero-order valence-electron chi connectivity index (χ0n) is 11.4. The number of hydrogen-bond donors (Lipinski definition) is 2. The van der Waals surface area contributed by atoms with Crippen LogP contribution in [0.4, 0.5) is 0 Å². The van der Waals surface area contributed by atoms with Crippen molar-refractivity contribution in [3.8, 4) is 0 Å². The molecule has 4 heteroatoms. The van der Waals surface area contributed by atoms with E-state index in [1.807, 2.05) is 0 Å². The number of amides is 1. The molecule has 0 aliphatic heterocycles. The monoisotopic (exact) mass is 265 g/mol. The topological polar surface area (TPSA) is 66.4 Å². The lowest BCUT2D eigenvalue weighted by atomic mass is 9.92. The average molecular weight is 265 g/mol. The summed E-state index contributed by atoms with van der Waals surface area (Å²) < 4.78 is 0. The Hall–Kier alpha value is -1.06. The normalized spacial score (nSPS) is 35.5. The van der Waals surface area contributed by atoms with Crippen molar-refractivity contribution < 1.29 is 14.7 Å². The molecule has 106 valence electrons. The SMILES string of the molecule is O=C(O)CC1(NC(=O)C2C3CCCCC32)CCCC1. The van der Waals surface area contributed by atoms with Crippen molar-refractivity contribution in [3.05, 3.63) is 0 Å². The molecule has 3 aliphatic rings. The molecule has 0 aromatic heterocycles. The first-order chi connectivity index (χ1) is 9.11. The first-order valence-electron chi connectivity index (χ1n) is 7.65. The molecule has 4 nitrogen and oxygen atoms in total. The van der Waals surface area contributed by atoms with Crippen LogP contribution in [0.5, 0.6) is 0 Å². The van der Waals surface area contributed by atoms with E-state index >= 15 is 0 Å².